The average Bonchev–Trinajstić information content (AvgIpc) is 3.47. The zero-order valence-corrected chi connectivity index (χ0v) is 19.4. The molecule has 4 rings (SSSR count). The van der Waals surface area contributed by atoms with Crippen LogP contribution in [0.25, 0.3) is 0 Å². The van der Waals surface area contributed by atoms with Gasteiger partial charge in [0.05, 0.1) is 18.5 Å². The molecule has 0 radical (unpaired) electrons. The Labute approximate surface area is 197 Å². The number of rotatable bonds is 9. The van der Waals surface area contributed by atoms with Gasteiger partial charge in [0, 0.05) is 18.1 Å². The van der Waals surface area contributed by atoms with Crippen LogP contribution in [0.15, 0.2) is 63.6 Å². The molecule has 0 atom stereocenters. The van der Waals surface area contributed by atoms with Crippen LogP contribution in [0.1, 0.15) is 18.5 Å². The van der Waals surface area contributed by atoms with Gasteiger partial charge < -0.3 is 13.9 Å². The van der Waals surface area contributed by atoms with Crippen LogP contribution in [0.4, 0.5) is 15.2 Å². The molecule has 2 aromatic carbocycles. The largest absolute Gasteiger partial charge is 0.495 e. The molecule has 0 bridgehead atoms. The summed E-state index contributed by atoms with van der Waals surface area (Å²) in [4.78, 5) is 18.5. The number of anilines is 2. The summed E-state index contributed by atoms with van der Waals surface area (Å²) in [6.07, 6.45) is 0. The lowest BCUT2D eigenvalue weighted by atomic mass is 10.2. The highest BCUT2D eigenvalue weighted by Crippen LogP contribution is 2.36. The zero-order valence-electron chi connectivity index (χ0n) is 17.7. The Morgan fingerprint density at radius 2 is 1.97 bits per heavy atom. The van der Waals surface area contributed by atoms with Gasteiger partial charge in [-0.25, -0.2) is 9.37 Å². The molecule has 0 saturated heterocycles. The molecule has 11 heteroatoms. The normalized spacial score (nSPS) is 10.8. The van der Waals surface area contributed by atoms with Gasteiger partial charge in [-0.3, -0.25) is 9.69 Å². The molecule has 2 heterocycles. The van der Waals surface area contributed by atoms with E-state index in [9.17, 15) is 9.18 Å². The van der Waals surface area contributed by atoms with E-state index in [2.05, 4.69) is 15.2 Å². The van der Waals surface area contributed by atoms with Crippen molar-refractivity contribution in [2.75, 3.05) is 12.0 Å². The summed E-state index contributed by atoms with van der Waals surface area (Å²) in [6.45, 7) is 1.56. The van der Waals surface area contributed by atoms with Crippen molar-refractivity contribution in [1.29, 1.82) is 0 Å². The van der Waals surface area contributed by atoms with Crippen molar-refractivity contribution in [3.8, 4) is 11.5 Å². The van der Waals surface area contributed by atoms with E-state index in [0.717, 1.165) is 5.69 Å². The van der Waals surface area contributed by atoms with E-state index in [-0.39, 0.29) is 18.3 Å². The van der Waals surface area contributed by atoms with E-state index >= 15 is 0 Å². The highest BCUT2D eigenvalue weighted by Gasteiger charge is 2.21. The number of carbonyl (C=O) groups is 1. The second-order valence-corrected chi connectivity index (χ2v) is 8.40. The predicted molar refractivity (Wildman–Crippen MR) is 123 cm³/mol. The summed E-state index contributed by atoms with van der Waals surface area (Å²) in [6, 6.07) is 13.0. The fourth-order valence-corrected chi connectivity index (χ4v) is 4.51. The number of hydrogen-bond acceptors (Lipinski definition) is 9. The summed E-state index contributed by atoms with van der Waals surface area (Å²) in [7, 11) is 1.56. The fraction of sp³-hybridized carbons (Fsp3) is 0.182. The number of ether oxygens (including phenoxy) is 2. The molecule has 4 aromatic rings. The maximum Gasteiger partial charge on any atom is 0.277 e. The molecule has 0 aliphatic carbocycles. The van der Waals surface area contributed by atoms with Gasteiger partial charge in [-0.1, -0.05) is 23.9 Å². The summed E-state index contributed by atoms with van der Waals surface area (Å²) in [5.41, 5.74) is 1.40. The van der Waals surface area contributed by atoms with Crippen molar-refractivity contribution in [2.45, 2.75) is 24.5 Å². The number of thioether (sulfide) groups is 1. The summed E-state index contributed by atoms with van der Waals surface area (Å²) in [5.74, 6) is 1.37. The van der Waals surface area contributed by atoms with Crippen LogP contribution >= 0.6 is 23.1 Å². The van der Waals surface area contributed by atoms with Crippen LogP contribution < -0.4 is 14.4 Å². The Hall–Kier alpha value is -3.44. The van der Waals surface area contributed by atoms with E-state index in [1.807, 2.05) is 23.6 Å². The topological polar surface area (TPSA) is 90.6 Å². The average molecular weight is 487 g/mol. The van der Waals surface area contributed by atoms with Gasteiger partial charge in [-0.2, -0.15) is 0 Å². The van der Waals surface area contributed by atoms with Gasteiger partial charge in [0.25, 0.3) is 11.1 Å². The van der Waals surface area contributed by atoms with Gasteiger partial charge in [0.1, 0.15) is 17.3 Å². The third-order valence-corrected chi connectivity index (χ3v) is 6.07. The number of thiazole rings is 1. The van der Waals surface area contributed by atoms with E-state index < -0.39 is 0 Å². The van der Waals surface area contributed by atoms with Crippen molar-refractivity contribution in [3.63, 3.8) is 0 Å². The lowest BCUT2D eigenvalue weighted by molar-refractivity contribution is -0.115. The first-order valence-corrected chi connectivity index (χ1v) is 11.6. The molecule has 0 unspecified atom stereocenters. The van der Waals surface area contributed by atoms with Crippen molar-refractivity contribution >= 4 is 39.8 Å². The Morgan fingerprint density at radius 3 is 2.73 bits per heavy atom. The van der Waals surface area contributed by atoms with Crippen LogP contribution in [0.5, 0.6) is 11.5 Å². The van der Waals surface area contributed by atoms with E-state index in [1.54, 1.807) is 13.2 Å². The van der Waals surface area contributed by atoms with Crippen LogP contribution in [0, 0.1) is 5.82 Å². The molecule has 170 valence electrons. The Bertz CT molecular complexity index is 1230. The SMILES string of the molecule is COc1ccccc1N(C(C)=O)c1nc(CSc2nnc(COc3ccc(F)cc3)o2)cs1. The van der Waals surface area contributed by atoms with Gasteiger partial charge in [-0.15, -0.1) is 21.5 Å². The minimum absolute atomic E-state index is 0.0759. The molecule has 8 nitrogen and oxygen atoms in total. The van der Waals surface area contributed by atoms with Gasteiger partial charge in [-0.05, 0) is 36.4 Å². The molecule has 0 saturated carbocycles. The molecule has 1 amide bonds. The fourth-order valence-electron chi connectivity index (χ4n) is 2.85. The van der Waals surface area contributed by atoms with Crippen molar-refractivity contribution < 1.29 is 23.1 Å². The predicted octanol–water partition coefficient (Wildman–Crippen LogP) is 5.23. The van der Waals surface area contributed by atoms with Crippen LogP contribution in [0.3, 0.4) is 0 Å². The first-order valence-electron chi connectivity index (χ1n) is 9.75. The standard InChI is InChI=1S/C22H19FN4O4S2/c1-14(28)27(18-5-3-4-6-19(18)29-2)21-24-16(12-32-21)13-33-22-26-25-20(31-22)11-30-17-9-7-15(23)8-10-17/h3-10,12H,11,13H2,1-2H3. The Morgan fingerprint density at radius 1 is 1.18 bits per heavy atom. The first kappa shape index (κ1) is 22.7. The molecule has 2 aromatic heterocycles. The van der Waals surface area contributed by atoms with Crippen molar-refractivity contribution in [2.24, 2.45) is 0 Å². The molecule has 0 N–H and O–H groups in total. The van der Waals surface area contributed by atoms with Crippen molar-refractivity contribution in [3.05, 3.63) is 71.3 Å². The number of halogens is 1. The first-order chi connectivity index (χ1) is 16.0. The minimum Gasteiger partial charge on any atom is -0.495 e. The molecule has 0 spiro atoms. The summed E-state index contributed by atoms with van der Waals surface area (Å²) in [5, 5.41) is 10.7. The quantitative estimate of drug-likeness (QED) is 0.297. The monoisotopic (exact) mass is 486 g/mol. The maximum absolute atomic E-state index is 13.0. The molecule has 33 heavy (non-hydrogen) atoms. The van der Waals surface area contributed by atoms with E-state index in [0.29, 0.717) is 39.2 Å². The highest BCUT2D eigenvalue weighted by atomic mass is 32.2. The van der Waals surface area contributed by atoms with E-state index in [4.69, 9.17) is 13.9 Å². The number of benzene rings is 2. The van der Waals surface area contributed by atoms with E-state index in [1.165, 1.54) is 59.2 Å². The summed E-state index contributed by atoms with van der Waals surface area (Å²) >= 11 is 2.68. The Kier molecular flexibility index (Phi) is 7.20. The number of carbonyl (C=O) groups excluding carboxylic acids is 1. The number of amides is 1. The number of methoxy groups -OCH3 is 1. The second kappa shape index (κ2) is 10.5. The molecular formula is C22H19FN4O4S2. The molecule has 0 aliphatic rings. The Balaban J connectivity index is 1.38. The van der Waals surface area contributed by atoms with Gasteiger partial charge in [0.15, 0.2) is 11.7 Å². The third kappa shape index (κ3) is 5.68. The summed E-state index contributed by atoms with van der Waals surface area (Å²) < 4.78 is 29.4. The minimum atomic E-state index is -0.335. The maximum atomic E-state index is 13.0. The number of aromatic nitrogens is 3. The number of para-hydroxylation sites is 2. The van der Waals surface area contributed by atoms with Crippen LogP contribution in [-0.4, -0.2) is 28.2 Å². The van der Waals surface area contributed by atoms with Crippen LogP contribution in [0.2, 0.25) is 0 Å². The molecule has 0 fully saturated rings. The van der Waals surface area contributed by atoms with Gasteiger partial charge in [0.2, 0.25) is 5.91 Å². The molecular weight excluding hydrogens is 467 g/mol. The lowest BCUT2D eigenvalue weighted by Crippen LogP contribution is -2.23. The number of hydrogen-bond donors (Lipinski definition) is 0. The lowest BCUT2D eigenvalue weighted by Gasteiger charge is -2.20. The highest BCUT2D eigenvalue weighted by molar-refractivity contribution is 7.98. The third-order valence-electron chi connectivity index (χ3n) is 4.34. The van der Waals surface area contributed by atoms with Crippen molar-refractivity contribution in [1.82, 2.24) is 15.2 Å². The van der Waals surface area contributed by atoms with Crippen LogP contribution in [-0.2, 0) is 17.2 Å². The van der Waals surface area contributed by atoms with Gasteiger partial charge >= 0.3 is 0 Å². The molecule has 0 aliphatic heterocycles. The smallest absolute Gasteiger partial charge is 0.277 e. The zero-order chi connectivity index (χ0) is 23.2. The number of nitrogens with zero attached hydrogens (tertiary/aromatic N) is 4. The second-order valence-electron chi connectivity index (χ2n) is 6.64.